The quantitative estimate of drug-likeness (QED) is 0.637. The number of nitrogen functional groups attached to an aromatic ring is 1. The number of nitrogens with zero attached hydrogens (tertiary/aromatic N) is 4. The third-order valence-corrected chi connectivity index (χ3v) is 3.18. The maximum absolute atomic E-state index is 7.49. The van der Waals surface area contributed by atoms with E-state index >= 15 is 0 Å². The van der Waals surface area contributed by atoms with Gasteiger partial charge in [0.2, 0.25) is 0 Å². The zero-order valence-corrected chi connectivity index (χ0v) is 11.0. The second kappa shape index (κ2) is 5.09. The summed E-state index contributed by atoms with van der Waals surface area (Å²) in [6, 6.07) is 0. The van der Waals surface area contributed by atoms with Crippen molar-refractivity contribution in [1.82, 2.24) is 15.0 Å². The van der Waals surface area contributed by atoms with Gasteiger partial charge in [-0.15, -0.1) is 11.3 Å². The van der Waals surface area contributed by atoms with Gasteiger partial charge in [0.1, 0.15) is 11.5 Å². The molecule has 6 nitrogen and oxygen atoms in total. The fourth-order valence-electron chi connectivity index (χ4n) is 1.60. The second-order valence-electron chi connectivity index (χ2n) is 3.86. The van der Waals surface area contributed by atoms with Crippen LogP contribution in [0.3, 0.4) is 0 Å². The molecule has 0 saturated carbocycles. The highest BCUT2D eigenvalue weighted by Gasteiger charge is 2.13. The average molecular weight is 262 g/mol. The SMILES string of the molecule is Cc1nc(CN(C)c2nccnc2C(=N)N)cs1. The highest BCUT2D eigenvalue weighted by molar-refractivity contribution is 7.09. The summed E-state index contributed by atoms with van der Waals surface area (Å²) in [6.07, 6.45) is 3.12. The van der Waals surface area contributed by atoms with E-state index < -0.39 is 0 Å². The molecule has 0 atom stereocenters. The van der Waals surface area contributed by atoms with Gasteiger partial charge in [-0.05, 0) is 6.92 Å². The minimum absolute atomic E-state index is 0.0839. The summed E-state index contributed by atoms with van der Waals surface area (Å²) in [7, 11) is 1.88. The van der Waals surface area contributed by atoms with E-state index in [0.29, 0.717) is 18.1 Å². The molecular weight excluding hydrogens is 248 g/mol. The Balaban J connectivity index is 2.23. The standard InChI is InChI=1S/C11H14N6S/c1-7-16-8(6-18-7)5-17(2)11-9(10(12)13)14-3-4-15-11/h3-4,6H,5H2,1-2H3,(H3,12,13). The second-order valence-corrected chi connectivity index (χ2v) is 4.92. The average Bonchev–Trinajstić information content (AvgIpc) is 2.74. The Kier molecular flexibility index (Phi) is 3.52. The van der Waals surface area contributed by atoms with Crippen molar-refractivity contribution in [3.63, 3.8) is 0 Å². The van der Waals surface area contributed by atoms with Crippen LogP contribution in [0.5, 0.6) is 0 Å². The van der Waals surface area contributed by atoms with Crippen LogP contribution in [0.1, 0.15) is 16.4 Å². The normalized spacial score (nSPS) is 10.3. The van der Waals surface area contributed by atoms with Crippen LogP contribution in [-0.2, 0) is 6.54 Å². The van der Waals surface area contributed by atoms with Crippen molar-refractivity contribution >= 4 is 23.0 Å². The maximum Gasteiger partial charge on any atom is 0.158 e. The molecule has 7 heteroatoms. The van der Waals surface area contributed by atoms with Crippen LogP contribution in [-0.4, -0.2) is 27.8 Å². The number of thiazole rings is 1. The number of aromatic nitrogens is 3. The number of nitrogens with two attached hydrogens (primary N) is 1. The summed E-state index contributed by atoms with van der Waals surface area (Å²) in [6.45, 7) is 2.58. The smallest absolute Gasteiger partial charge is 0.158 e. The number of aryl methyl sites for hydroxylation is 1. The molecule has 0 spiro atoms. The lowest BCUT2D eigenvalue weighted by molar-refractivity contribution is 0.861. The van der Waals surface area contributed by atoms with Gasteiger partial charge < -0.3 is 10.6 Å². The molecule has 0 saturated heterocycles. The van der Waals surface area contributed by atoms with Crippen molar-refractivity contribution in [2.75, 3.05) is 11.9 Å². The van der Waals surface area contributed by atoms with E-state index in [2.05, 4.69) is 15.0 Å². The molecule has 0 aliphatic heterocycles. The topological polar surface area (TPSA) is 91.8 Å². The predicted octanol–water partition coefficient (Wildman–Crippen LogP) is 1.16. The largest absolute Gasteiger partial charge is 0.382 e. The monoisotopic (exact) mass is 262 g/mol. The highest BCUT2D eigenvalue weighted by atomic mass is 32.1. The zero-order valence-electron chi connectivity index (χ0n) is 10.2. The van der Waals surface area contributed by atoms with Gasteiger partial charge in [-0.1, -0.05) is 0 Å². The molecule has 2 aromatic rings. The number of amidine groups is 1. The molecule has 0 bridgehead atoms. The van der Waals surface area contributed by atoms with E-state index in [-0.39, 0.29) is 5.84 Å². The van der Waals surface area contributed by atoms with Crippen molar-refractivity contribution < 1.29 is 0 Å². The molecule has 3 N–H and O–H groups in total. The Morgan fingerprint density at radius 2 is 2.17 bits per heavy atom. The lowest BCUT2D eigenvalue weighted by Crippen LogP contribution is -2.24. The van der Waals surface area contributed by atoms with Crippen LogP contribution in [0.2, 0.25) is 0 Å². The summed E-state index contributed by atoms with van der Waals surface area (Å²) in [5.74, 6) is 0.509. The first kappa shape index (κ1) is 12.4. The summed E-state index contributed by atoms with van der Waals surface area (Å²) in [4.78, 5) is 14.6. The van der Waals surface area contributed by atoms with Crippen LogP contribution in [0.15, 0.2) is 17.8 Å². The summed E-state index contributed by atoms with van der Waals surface area (Å²) >= 11 is 1.61. The molecule has 18 heavy (non-hydrogen) atoms. The van der Waals surface area contributed by atoms with Crippen LogP contribution in [0.25, 0.3) is 0 Å². The van der Waals surface area contributed by atoms with Crippen molar-refractivity contribution in [2.24, 2.45) is 5.73 Å². The Hall–Kier alpha value is -2.02. The maximum atomic E-state index is 7.49. The molecule has 2 rings (SSSR count). The minimum Gasteiger partial charge on any atom is -0.382 e. The molecular formula is C11H14N6S. The van der Waals surface area contributed by atoms with Crippen molar-refractivity contribution in [1.29, 1.82) is 5.41 Å². The van der Waals surface area contributed by atoms with Crippen LogP contribution < -0.4 is 10.6 Å². The molecule has 0 aliphatic rings. The van der Waals surface area contributed by atoms with Gasteiger partial charge in [0, 0.05) is 24.8 Å². The van der Waals surface area contributed by atoms with Gasteiger partial charge in [-0.2, -0.15) is 0 Å². The first-order valence-corrected chi connectivity index (χ1v) is 6.23. The molecule has 0 radical (unpaired) electrons. The first-order chi connectivity index (χ1) is 8.58. The third-order valence-electron chi connectivity index (χ3n) is 2.36. The van der Waals surface area contributed by atoms with Crippen LogP contribution in [0.4, 0.5) is 5.82 Å². The number of nitrogens with one attached hydrogen (secondary N) is 1. The fraction of sp³-hybridized carbons (Fsp3) is 0.273. The Morgan fingerprint density at radius 1 is 1.44 bits per heavy atom. The Labute approximate surface area is 109 Å². The van der Waals surface area contributed by atoms with Gasteiger partial charge in [0.05, 0.1) is 17.2 Å². The molecule has 0 fully saturated rings. The Bertz CT molecular complexity index is 564. The molecule has 0 aromatic carbocycles. The van der Waals surface area contributed by atoms with Gasteiger partial charge in [0.15, 0.2) is 5.82 Å². The van der Waals surface area contributed by atoms with Gasteiger partial charge >= 0.3 is 0 Å². The van der Waals surface area contributed by atoms with E-state index in [1.807, 2.05) is 24.3 Å². The molecule has 94 valence electrons. The predicted molar refractivity (Wildman–Crippen MR) is 72.0 cm³/mol. The van der Waals surface area contributed by atoms with Crippen molar-refractivity contribution in [3.05, 3.63) is 34.2 Å². The van der Waals surface area contributed by atoms with E-state index in [4.69, 9.17) is 11.1 Å². The van der Waals surface area contributed by atoms with E-state index in [1.54, 1.807) is 17.5 Å². The van der Waals surface area contributed by atoms with Gasteiger partial charge in [-0.3, -0.25) is 5.41 Å². The zero-order chi connectivity index (χ0) is 13.1. The minimum atomic E-state index is -0.0839. The van der Waals surface area contributed by atoms with Crippen molar-refractivity contribution in [2.45, 2.75) is 13.5 Å². The van der Waals surface area contributed by atoms with Crippen LogP contribution in [0, 0.1) is 12.3 Å². The van der Waals surface area contributed by atoms with Crippen LogP contribution >= 0.6 is 11.3 Å². The number of rotatable bonds is 4. The van der Waals surface area contributed by atoms with E-state index in [0.717, 1.165) is 10.7 Å². The number of anilines is 1. The third kappa shape index (κ3) is 2.62. The van der Waals surface area contributed by atoms with Gasteiger partial charge in [-0.25, -0.2) is 15.0 Å². The molecule has 0 aliphatic carbocycles. The molecule has 2 heterocycles. The highest BCUT2D eigenvalue weighted by Crippen LogP contribution is 2.16. The summed E-state index contributed by atoms with van der Waals surface area (Å²) in [5, 5.41) is 10.5. The van der Waals surface area contributed by atoms with Gasteiger partial charge in [0.25, 0.3) is 0 Å². The Morgan fingerprint density at radius 3 is 2.78 bits per heavy atom. The lowest BCUT2D eigenvalue weighted by atomic mass is 10.3. The molecule has 0 amide bonds. The number of hydrogen-bond acceptors (Lipinski definition) is 6. The summed E-state index contributed by atoms with van der Waals surface area (Å²) in [5.41, 5.74) is 6.86. The fourth-order valence-corrected chi connectivity index (χ4v) is 2.20. The molecule has 2 aromatic heterocycles. The summed E-state index contributed by atoms with van der Waals surface area (Å²) < 4.78 is 0. The van der Waals surface area contributed by atoms with Crippen molar-refractivity contribution in [3.8, 4) is 0 Å². The van der Waals surface area contributed by atoms with E-state index in [9.17, 15) is 0 Å². The van der Waals surface area contributed by atoms with E-state index in [1.165, 1.54) is 6.20 Å². The molecule has 0 unspecified atom stereocenters. The number of hydrogen-bond donors (Lipinski definition) is 2. The first-order valence-electron chi connectivity index (χ1n) is 5.35. The lowest BCUT2D eigenvalue weighted by Gasteiger charge is -2.18.